The molecule has 92 valence electrons. The molecule has 0 aliphatic heterocycles. The predicted molar refractivity (Wildman–Crippen MR) is 65.7 cm³/mol. The van der Waals surface area contributed by atoms with Crippen molar-refractivity contribution in [2.75, 3.05) is 18.4 Å². The zero-order valence-corrected chi connectivity index (χ0v) is 10.6. The summed E-state index contributed by atoms with van der Waals surface area (Å²) in [7, 11) is 0. The number of carbonyl (C=O) groups excluding carboxylic acids is 2. The minimum Gasteiger partial charge on any atom is -0.330 e. The van der Waals surface area contributed by atoms with Gasteiger partial charge in [0, 0.05) is 13.5 Å². The van der Waals surface area contributed by atoms with Crippen molar-refractivity contribution in [3.05, 3.63) is 17.7 Å². The molecule has 0 fully saturated rings. The maximum Gasteiger partial charge on any atom is 0.245 e. The second-order valence-electron chi connectivity index (χ2n) is 3.36. The van der Waals surface area contributed by atoms with Gasteiger partial charge in [-0.05, 0) is 6.92 Å². The lowest BCUT2D eigenvalue weighted by Crippen LogP contribution is -2.36. The highest BCUT2D eigenvalue weighted by Gasteiger charge is 2.13. The summed E-state index contributed by atoms with van der Waals surface area (Å²) < 4.78 is 0. The molecule has 1 rings (SSSR count). The van der Waals surface area contributed by atoms with Crippen molar-refractivity contribution in [1.82, 2.24) is 15.1 Å². The molecule has 17 heavy (non-hydrogen) atoms. The molecule has 0 unspecified atom stereocenters. The Balaban J connectivity index is 2.53. The number of anilines is 1. The Morgan fingerprint density at radius 3 is 2.71 bits per heavy atom. The first-order valence-electron chi connectivity index (χ1n) is 4.99. The van der Waals surface area contributed by atoms with Crippen molar-refractivity contribution in [3.8, 4) is 0 Å². The fourth-order valence-corrected chi connectivity index (χ4v) is 1.75. The maximum absolute atomic E-state index is 11.6. The zero-order chi connectivity index (χ0) is 12.8. The Kier molecular flexibility index (Phi) is 4.77. The first-order chi connectivity index (χ1) is 8.02. The number of amides is 2. The van der Waals surface area contributed by atoms with Crippen LogP contribution in [0, 0.1) is 6.92 Å². The summed E-state index contributed by atoms with van der Waals surface area (Å²) in [4.78, 5) is 24.2. The monoisotopic (exact) mass is 254 g/mol. The third-order valence-corrected chi connectivity index (χ3v) is 2.66. The van der Waals surface area contributed by atoms with E-state index in [9.17, 15) is 9.59 Å². The van der Waals surface area contributed by atoms with Crippen LogP contribution < -0.4 is 5.32 Å². The zero-order valence-electron chi connectivity index (χ0n) is 9.77. The van der Waals surface area contributed by atoms with Gasteiger partial charge in [-0.15, -0.1) is 16.8 Å². The second kappa shape index (κ2) is 6.09. The molecule has 0 saturated carbocycles. The molecule has 7 heteroatoms. The van der Waals surface area contributed by atoms with Crippen LogP contribution in [0.5, 0.6) is 0 Å². The van der Waals surface area contributed by atoms with Crippen molar-refractivity contribution in [3.63, 3.8) is 0 Å². The number of nitrogens with one attached hydrogen (secondary N) is 1. The highest BCUT2D eigenvalue weighted by Crippen LogP contribution is 2.13. The highest BCUT2D eigenvalue weighted by atomic mass is 32.1. The first-order valence-corrected chi connectivity index (χ1v) is 5.81. The van der Waals surface area contributed by atoms with E-state index in [1.165, 1.54) is 23.2 Å². The molecule has 1 aromatic heterocycles. The van der Waals surface area contributed by atoms with Crippen LogP contribution in [0.2, 0.25) is 0 Å². The number of hydrogen-bond acceptors (Lipinski definition) is 5. The highest BCUT2D eigenvalue weighted by molar-refractivity contribution is 7.15. The van der Waals surface area contributed by atoms with Gasteiger partial charge in [0.2, 0.25) is 16.9 Å². The largest absolute Gasteiger partial charge is 0.330 e. The van der Waals surface area contributed by atoms with E-state index in [4.69, 9.17) is 0 Å². The smallest absolute Gasteiger partial charge is 0.245 e. The van der Waals surface area contributed by atoms with E-state index in [0.29, 0.717) is 11.7 Å². The van der Waals surface area contributed by atoms with Gasteiger partial charge in [-0.25, -0.2) is 0 Å². The van der Waals surface area contributed by atoms with Crippen LogP contribution in [-0.2, 0) is 9.59 Å². The van der Waals surface area contributed by atoms with Crippen LogP contribution in [0.4, 0.5) is 5.13 Å². The molecule has 0 aliphatic rings. The Hall–Kier alpha value is -1.76. The van der Waals surface area contributed by atoms with E-state index in [-0.39, 0.29) is 18.4 Å². The van der Waals surface area contributed by atoms with Crippen LogP contribution in [0.15, 0.2) is 12.7 Å². The van der Waals surface area contributed by atoms with Gasteiger partial charge in [0.05, 0.1) is 0 Å². The van der Waals surface area contributed by atoms with Crippen molar-refractivity contribution >= 4 is 28.3 Å². The normalized spacial score (nSPS) is 9.76. The quantitative estimate of drug-likeness (QED) is 0.789. The average Bonchev–Trinajstić information content (AvgIpc) is 2.63. The number of aryl methyl sites for hydroxylation is 1. The number of rotatable bonds is 5. The topological polar surface area (TPSA) is 75.2 Å². The van der Waals surface area contributed by atoms with Gasteiger partial charge in [0.1, 0.15) is 11.6 Å². The van der Waals surface area contributed by atoms with Gasteiger partial charge in [0.15, 0.2) is 0 Å². The Labute approximate surface area is 103 Å². The fraction of sp³-hybridized carbons (Fsp3) is 0.400. The summed E-state index contributed by atoms with van der Waals surface area (Å²) in [5.74, 6) is -0.466. The summed E-state index contributed by atoms with van der Waals surface area (Å²) in [6.07, 6.45) is 1.57. The second-order valence-corrected chi connectivity index (χ2v) is 4.54. The molecule has 6 nitrogen and oxygen atoms in total. The Morgan fingerprint density at radius 1 is 1.53 bits per heavy atom. The summed E-state index contributed by atoms with van der Waals surface area (Å²) in [5.41, 5.74) is 0. The van der Waals surface area contributed by atoms with Gasteiger partial charge >= 0.3 is 0 Å². The number of aromatic nitrogens is 2. The van der Waals surface area contributed by atoms with Gasteiger partial charge in [-0.3, -0.25) is 14.9 Å². The van der Waals surface area contributed by atoms with E-state index in [0.717, 1.165) is 5.01 Å². The fourth-order valence-electron chi connectivity index (χ4n) is 1.14. The number of carbonyl (C=O) groups is 2. The summed E-state index contributed by atoms with van der Waals surface area (Å²) in [6.45, 7) is 7.07. The van der Waals surface area contributed by atoms with Gasteiger partial charge in [0.25, 0.3) is 0 Å². The van der Waals surface area contributed by atoms with Gasteiger partial charge < -0.3 is 4.90 Å². The van der Waals surface area contributed by atoms with Crippen LogP contribution in [0.1, 0.15) is 11.9 Å². The molecule has 0 atom stereocenters. The van der Waals surface area contributed by atoms with E-state index in [2.05, 4.69) is 22.1 Å². The lowest BCUT2D eigenvalue weighted by atomic mass is 10.4. The van der Waals surface area contributed by atoms with Crippen LogP contribution in [0.3, 0.4) is 0 Å². The van der Waals surface area contributed by atoms with Crippen LogP contribution in [-0.4, -0.2) is 40.0 Å². The minimum atomic E-state index is -0.293. The lowest BCUT2D eigenvalue weighted by Gasteiger charge is -2.17. The number of hydrogen-bond donors (Lipinski definition) is 1. The molecule has 1 N–H and O–H groups in total. The SMILES string of the molecule is C=CCN(CC(=O)Nc1nnc(C)s1)C(C)=O. The molecule has 0 radical (unpaired) electrons. The molecule has 0 saturated heterocycles. The first kappa shape index (κ1) is 13.3. The molecular weight excluding hydrogens is 240 g/mol. The Bertz CT molecular complexity index is 430. The minimum absolute atomic E-state index is 0.0139. The van der Waals surface area contributed by atoms with E-state index >= 15 is 0 Å². The number of nitrogens with zero attached hydrogens (tertiary/aromatic N) is 3. The summed E-state index contributed by atoms with van der Waals surface area (Å²) >= 11 is 1.29. The van der Waals surface area contributed by atoms with Crippen molar-refractivity contribution in [1.29, 1.82) is 0 Å². The third-order valence-electron chi connectivity index (χ3n) is 1.90. The van der Waals surface area contributed by atoms with Crippen molar-refractivity contribution in [2.24, 2.45) is 0 Å². The third kappa shape index (κ3) is 4.31. The standard InChI is InChI=1S/C10H14N4O2S/c1-4-5-14(8(3)15)6-9(16)11-10-13-12-7(2)17-10/h4H,1,5-6H2,2-3H3,(H,11,13,16). The maximum atomic E-state index is 11.6. The average molecular weight is 254 g/mol. The predicted octanol–water partition coefficient (Wildman–Crippen LogP) is 0.820. The molecule has 0 spiro atoms. The van der Waals surface area contributed by atoms with E-state index < -0.39 is 0 Å². The van der Waals surface area contributed by atoms with E-state index in [1.54, 1.807) is 13.0 Å². The van der Waals surface area contributed by atoms with Gasteiger partial charge in [-0.1, -0.05) is 17.4 Å². The van der Waals surface area contributed by atoms with E-state index in [1.807, 2.05) is 0 Å². The van der Waals surface area contributed by atoms with Crippen LogP contribution >= 0.6 is 11.3 Å². The molecule has 2 amide bonds. The molecule has 0 aromatic carbocycles. The molecule has 0 bridgehead atoms. The molecule has 1 aromatic rings. The summed E-state index contributed by atoms with van der Waals surface area (Å²) in [5, 5.41) is 11.3. The molecule has 1 heterocycles. The van der Waals surface area contributed by atoms with Crippen molar-refractivity contribution < 1.29 is 9.59 Å². The Morgan fingerprint density at radius 2 is 2.24 bits per heavy atom. The van der Waals surface area contributed by atoms with Crippen LogP contribution in [0.25, 0.3) is 0 Å². The van der Waals surface area contributed by atoms with Crippen molar-refractivity contribution in [2.45, 2.75) is 13.8 Å². The summed E-state index contributed by atoms with van der Waals surface area (Å²) in [6, 6.07) is 0. The molecular formula is C10H14N4O2S. The molecule has 0 aliphatic carbocycles. The van der Waals surface area contributed by atoms with Gasteiger partial charge in [-0.2, -0.15) is 0 Å². The lowest BCUT2D eigenvalue weighted by molar-refractivity contribution is -0.132.